The summed E-state index contributed by atoms with van der Waals surface area (Å²) in [5, 5.41) is 11.4. The topological polar surface area (TPSA) is 46.5 Å². The average Bonchev–Trinajstić information content (AvgIpc) is 2.98. The van der Waals surface area contributed by atoms with Gasteiger partial charge in [-0.25, -0.2) is 4.68 Å². The van der Waals surface area contributed by atoms with Crippen molar-refractivity contribution in [2.24, 2.45) is 0 Å². The largest absolute Gasteiger partial charge is 0.285 e. The first-order valence-electron chi connectivity index (χ1n) is 6.94. The lowest BCUT2D eigenvalue weighted by atomic mass is 9.80. The zero-order valence-corrected chi connectivity index (χ0v) is 13.2. The second-order valence-corrected chi connectivity index (χ2v) is 6.88. The first kappa shape index (κ1) is 14.6. The van der Waals surface area contributed by atoms with Crippen molar-refractivity contribution in [2.45, 2.75) is 52.4 Å². The Kier molecular flexibility index (Phi) is 3.59. The number of hydrogen-bond acceptors (Lipinski definition) is 2. The minimum atomic E-state index is -0.0686. The van der Waals surface area contributed by atoms with Crippen molar-refractivity contribution in [1.82, 2.24) is 20.0 Å². The van der Waals surface area contributed by atoms with Crippen molar-refractivity contribution in [3.05, 3.63) is 41.5 Å². The zero-order chi connectivity index (χ0) is 15.0. The van der Waals surface area contributed by atoms with E-state index in [0.717, 1.165) is 0 Å². The molecule has 0 atom stereocenters. The van der Waals surface area contributed by atoms with E-state index < -0.39 is 0 Å². The highest BCUT2D eigenvalue weighted by Gasteiger charge is 2.24. The maximum Gasteiger partial charge on any atom is 0.0531 e. The molecule has 2 aromatic rings. The number of aromatic amines is 1. The molecule has 0 aromatic carbocycles. The molecule has 0 aliphatic heterocycles. The number of rotatable bonds is 3. The van der Waals surface area contributed by atoms with E-state index in [0.29, 0.717) is 0 Å². The zero-order valence-electron chi connectivity index (χ0n) is 13.2. The molecule has 0 unspecified atom stereocenters. The SMILES string of the molecule is C/C(=C/n1cc(C(C)(C)C)cn1)C(C)(C)c1cn[nH]c1. The smallest absolute Gasteiger partial charge is 0.0531 e. The van der Waals surface area contributed by atoms with E-state index in [1.807, 2.05) is 23.3 Å². The number of H-pyrrole nitrogens is 1. The monoisotopic (exact) mass is 272 g/mol. The van der Waals surface area contributed by atoms with Crippen molar-refractivity contribution in [3.63, 3.8) is 0 Å². The van der Waals surface area contributed by atoms with Gasteiger partial charge >= 0.3 is 0 Å². The van der Waals surface area contributed by atoms with Crippen molar-refractivity contribution in [3.8, 4) is 0 Å². The van der Waals surface area contributed by atoms with Crippen LogP contribution in [0.2, 0.25) is 0 Å². The lowest BCUT2D eigenvalue weighted by molar-refractivity contribution is 0.590. The van der Waals surface area contributed by atoms with Gasteiger partial charge in [0.05, 0.1) is 12.4 Å². The Morgan fingerprint density at radius 2 is 1.85 bits per heavy atom. The summed E-state index contributed by atoms with van der Waals surface area (Å²) in [6.45, 7) is 13.1. The summed E-state index contributed by atoms with van der Waals surface area (Å²) in [6.07, 6.45) is 9.94. The maximum absolute atomic E-state index is 4.43. The summed E-state index contributed by atoms with van der Waals surface area (Å²) in [7, 11) is 0. The molecule has 2 heterocycles. The van der Waals surface area contributed by atoms with Gasteiger partial charge in [-0.1, -0.05) is 34.6 Å². The van der Waals surface area contributed by atoms with Crippen LogP contribution in [-0.2, 0) is 10.8 Å². The molecule has 0 spiro atoms. The standard InChI is InChI=1S/C16H24N4/c1-12(16(5,6)13-7-17-18-8-13)10-20-11-14(9-19-20)15(2,3)4/h7-11H,1-6H3,(H,17,18)/b12-10-. The molecule has 108 valence electrons. The second kappa shape index (κ2) is 4.93. The predicted molar refractivity (Wildman–Crippen MR) is 82.5 cm³/mol. The van der Waals surface area contributed by atoms with Gasteiger partial charge in [0, 0.05) is 24.0 Å². The molecule has 0 aliphatic carbocycles. The summed E-state index contributed by atoms with van der Waals surface area (Å²) in [4.78, 5) is 0. The molecule has 0 bridgehead atoms. The van der Waals surface area contributed by atoms with Crippen LogP contribution < -0.4 is 0 Å². The molecule has 0 aliphatic rings. The summed E-state index contributed by atoms with van der Waals surface area (Å²) < 4.78 is 1.90. The van der Waals surface area contributed by atoms with E-state index in [9.17, 15) is 0 Å². The third kappa shape index (κ3) is 2.84. The molecule has 2 aromatic heterocycles. The Bertz CT molecular complexity index is 595. The Morgan fingerprint density at radius 3 is 2.35 bits per heavy atom. The number of aromatic nitrogens is 4. The van der Waals surface area contributed by atoms with Gasteiger partial charge in [0.1, 0.15) is 0 Å². The maximum atomic E-state index is 4.43. The molecule has 4 heteroatoms. The highest BCUT2D eigenvalue weighted by molar-refractivity contribution is 5.41. The molecule has 0 saturated heterocycles. The number of nitrogens with zero attached hydrogens (tertiary/aromatic N) is 3. The minimum absolute atomic E-state index is 0.0686. The first-order chi connectivity index (χ1) is 9.21. The molecule has 0 saturated carbocycles. The molecular weight excluding hydrogens is 248 g/mol. The van der Waals surface area contributed by atoms with Crippen molar-refractivity contribution in [1.29, 1.82) is 0 Å². The third-order valence-electron chi connectivity index (χ3n) is 4.00. The van der Waals surface area contributed by atoms with Crippen LogP contribution in [0.3, 0.4) is 0 Å². The van der Waals surface area contributed by atoms with Gasteiger partial charge in [0.25, 0.3) is 0 Å². The Labute approximate surface area is 120 Å². The fourth-order valence-corrected chi connectivity index (χ4v) is 1.98. The van der Waals surface area contributed by atoms with E-state index >= 15 is 0 Å². The predicted octanol–water partition coefficient (Wildman–Crippen LogP) is 3.74. The second-order valence-electron chi connectivity index (χ2n) is 6.88. The van der Waals surface area contributed by atoms with Gasteiger partial charge in [0.2, 0.25) is 0 Å². The number of allylic oxidation sites excluding steroid dienone is 1. The van der Waals surface area contributed by atoms with Gasteiger partial charge in [-0.2, -0.15) is 10.2 Å². The van der Waals surface area contributed by atoms with Crippen LogP contribution in [0, 0.1) is 0 Å². The quantitative estimate of drug-likeness (QED) is 0.925. The fourth-order valence-electron chi connectivity index (χ4n) is 1.98. The normalized spacial score (nSPS) is 13.8. The van der Waals surface area contributed by atoms with Gasteiger partial charge in [-0.15, -0.1) is 0 Å². The highest BCUT2D eigenvalue weighted by atomic mass is 15.2. The fraction of sp³-hybridized carbons (Fsp3) is 0.500. The lowest BCUT2D eigenvalue weighted by Gasteiger charge is -2.24. The van der Waals surface area contributed by atoms with Crippen LogP contribution in [0.25, 0.3) is 6.20 Å². The number of hydrogen-bond donors (Lipinski definition) is 1. The molecule has 0 amide bonds. The Hall–Kier alpha value is -1.84. The van der Waals surface area contributed by atoms with E-state index in [-0.39, 0.29) is 10.8 Å². The van der Waals surface area contributed by atoms with Crippen molar-refractivity contribution < 1.29 is 0 Å². The summed E-state index contributed by atoms with van der Waals surface area (Å²) >= 11 is 0. The van der Waals surface area contributed by atoms with E-state index in [1.54, 1.807) is 0 Å². The molecule has 1 N–H and O–H groups in total. The Balaban J connectivity index is 2.29. The Morgan fingerprint density at radius 1 is 1.15 bits per heavy atom. The summed E-state index contributed by atoms with van der Waals surface area (Å²) in [6, 6.07) is 0. The van der Waals surface area contributed by atoms with E-state index in [1.165, 1.54) is 16.7 Å². The van der Waals surface area contributed by atoms with Gasteiger partial charge in [-0.05, 0) is 29.0 Å². The number of nitrogens with one attached hydrogen (secondary N) is 1. The van der Waals surface area contributed by atoms with Gasteiger partial charge < -0.3 is 0 Å². The van der Waals surface area contributed by atoms with Crippen LogP contribution in [0.4, 0.5) is 0 Å². The lowest BCUT2D eigenvalue weighted by Crippen LogP contribution is -2.18. The molecule has 0 radical (unpaired) electrons. The van der Waals surface area contributed by atoms with Crippen LogP contribution in [0.5, 0.6) is 0 Å². The third-order valence-corrected chi connectivity index (χ3v) is 4.00. The molecule has 20 heavy (non-hydrogen) atoms. The highest BCUT2D eigenvalue weighted by Crippen LogP contribution is 2.31. The van der Waals surface area contributed by atoms with Crippen LogP contribution in [-0.4, -0.2) is 20.0 Å². The molecular formula is C16H24N4. The molecule has 0 fully saturated rings. The van der Waals surface area contributed by atoms with Crippen molar-refractivity contribution in [2.75, 3.05) is 0 Å². The van der Waals surface area contributed by atoms with Crippen molar-refractivity contribution >= 4 is 6.20 Å². The van der Waals surface area contributed by atoms with Gasteiger partial charge in [0.15, 0.2) is 0 Å². The minimum Gasteiger partial charge on any atom is -0.285 e. The summed E-state index contributed by atoms with van der Waals surface area (Å²) in [5.74, 6) is 0. The van der Waals surface area contributed by atoms with Crippen LogP contribution >= 0.6 is 0 Å². The van der Waals surface area contributed by atoms with E-state index in [2.05, 4.69) is 69.2 Å². The summed E-state index contributed by atoms with van der Waals surface area (Å²) in [5.41, 5.74) is 3.71. The molecule has 2 rings (SSSR count). The first-order valence-corrected chi connectivity index (χ1v) is 6.94. The van der Waals surface area contributed by atoms with Gasteiger partial charge in [-0.3, -0.25) is 5.10 Å². The van der Waals surface area contributed by atoms with E-state index in [4.69, 9.17) is 0 Å². The van der Waals surface area contributed by atoms with Crippen LogP contribution in [0.1, 0.15) is 52.7 Å². The molecule has 4 nitrogen and oxygen atoms in total. The average molecular weight is 272 g/mol. The van der Waals surface area contributed by atoms with Crippen LogP contribution in [0.15, 0.2) is 30.4 Å².